The third-order valence-corrected chi connectivity index (χ3v) is 4.19. The first-order chi connectivity index (χ1) is 10.4. The van der Waals surface area contributed by atoms with Crippen LogP contribution in [0.4, 0.5) is 0 Å². The van der Waals surface area contributed by atoms with Gasteiger partial charge < -0.3 is 20.9 Å². The second-order valence-corrected chi connectivity index (χ2v) is 6.25. The average Bonchev–Trinajstić information content (AvgIpc) is 2.52. The number of nitrogens with two attached hydrogens (primary N) is 1. The quantitative estimate of drug-likeness (QED) is 0.576. The Morgan fingerprint density at radius 2 is 1.91 bits per heavy atom. The van der Waals surface area contributed by atoms with Crippen LogP contribution < -0.4 is 11.1 Å². The summed E-state index contributed by atoms with van der Waals surface area (Å²) in [4.78, 5) is 23.0. The number of rotatable bonds is 8. The summed E-state index contributed by atoms with van der Waals surface area (Å²) in [7, 11) is 0. The average molecular weight is 351 g/mol. The third kappa shape index (κ3) is 8.53. The highest BCUT2D eigenvalue weighted by Crippen LogP contribution is 2.27. The van der Waals surface area contributed by atoms with Gasteiger partial charge in [0.15, 0.2) is 0 Å². The smallest absolute Gasteiger partial charge is 0.305 e. The molecule has 0 bridgehead atoms. The van der Waals surface area contributed by atoms with Crippen molar-refractivity contribution in [2.75, 3.05) is 6.54 Å². The summed E-state index contributed by atoms with van der Waals surface area (Å²) >= 11 is 0. The normalized spacial score (nSPS) is 19.1. The fourth-order valence-electron chi connectivity index (χ4n) is 2.83. The van der Waals surface area contributed by atoms with Gasteiger partial charge in [-0.1, -0.05) is 39.0 Å². The molecule has 1 fully saturated rings. The molecule has 7 heteroatoms. The van der Waals surface area contributed by atoms with Crippen molar-refractivity contribution in [3.8, 4) is 0 Å². The highest BCUT2D eigenvalue weighted by molar-refractivity contribution is 5.85. The van der Waals surface area contributed by atoms with E-state index in [1.165, 1.54) is 19.3 Å². The van der Waals surface area contributed by atoms with Crippen LogP contribution in [0.15, 0.2) is 0 Å². The zero-order valence-corrected chi connectivity index (χ0v) is 14.9. The van der Waals surface area contributed by atoms with Crippen molar-refractivity contribution in [3.05, 3.63) is 0 Å². The molecule has 1 saturated carbocycles. The number of nitrogens with one attached hydrogen (secondary N) is 1. The van der Waals surface area contributed by atoms with Crippen molar-refractivity contribution in [1.82, 2.24) is 5.32 Å². The molecule has 1 aliphatic carbocycles. The minimum absolute atomic E-state index is 0. The fourth-order valence-corrected chi connectivity index (χ4v) is 2.83. The van der Waals surface area contributed by atoms with Crippen molar-refractivity contribution in [2.24, 2.45) is 11.7 Å². The molecule has 1 rings (SSSR count). The van der Waals surface area contributed by atoms with Crippen LogP contribution in [0, 0.1) is 5.92 Å². The number of halogens is 1. The molecule has 0 aromatic heterocycles. The van der Waals surface area contributed by atoms with Crippen molar-refractivity contribution in [3.63, 3.8) is 0 Å². The monoisotopic (exact) mass is 350 g/mol. The van der Waals surface area contributed by atoms with Crippen LogP contribution in [0.1, 0.15) is 58.8 Å². The van der Waals surface area contributed by atoms with Gasteiger partial charge in [0.25, 0.3) is 5.91 Å². The molecule has 0 saturated heterocycles. The standard InChI is InChI=1S/C16H30N2O4.ClH/c1-3-14(19)22-11(2)10-18-16(21)15(20)13(17)9-12-7-5-4-6-8-12;/h11-13,15,20H,3-10,17H2,1-2H3,(H,18,21);1H/t11-,13+,15?;/m0./s1. The molecule has 6 nitrogen and oxygen atoms in total. The molecule has 0 heterocycles. The van der Waals surface area contributed by atoms with Crippen molar-refractivity contribution in [2.45, 2.75) is 77.0 Å². The van der Waals surface area contributed by atoms with Gasteiger partial charge in [-0.05, 0) is 19.3 Å². The summed E-state index contributed by atoms with van der Waals surface area (Å²) in [6.07, 6.45) is 5.29. The molecule has 3 atom stereocenters. The van der Waals surface area contributed by atoms with Crippen molar-refractivity contribution >= 4 is 24.3 Å². The Labute approximate surface area is 144 Å². The predicted molar refractivity (Wildman–Crippen MR) is 91.3 cm³/mol. The molecule has 136 valence electrons. The Morgan fingerprint density at radius 3 is 2.48 bits per heavy atom. The lowest BCUT2D eigenvalue weighted by molar-refractivity contribution is -0.148. The van der Waals surface area contributed by atoms with Gasteiger partial charge in [-0.25, -0.2) is 0 Å². The van der Waals surface area contributed by atoms with E-state index in [0.29, 0.717) is 18.8 Å². The van der Waals surface area contributed by atoms with Gasteiger partial charge in [0.2, 0.25) is 0 Å². The largest absolute Gasteiger partial charge is 0.461 e. The second kappa shape index (κ2) is 11.6. The van der Waals surface area contributed by atoms with Crippen LogP contribution >= 0.6 is 12.4 Å². The number of hydrogen-bond donors (Lipinski definition) is 3. The lowest BCUT2D eigenvalue weighted by Gasteiger charge is -2.26. The number of esters is 1. The van der Waals surface area contributed by atoms with Crippen LogP contribution in [0.2, 0.25) is 0 Å². The van der Waals surface area contributed by atoms with E-state index in [-0.39, 0.29) is 24.9 Å². The van der Waals surface area contributed by atoms with E-state index in [9.17, 15) is 14.7 Å². The summed E-state index contributed by atoms with van der Waals surface area (Å²) in [6, 6.07) is -0.545. The molecule has 1 unspecified atom stereocenters. The zero-order valence-electron chi connectivity index (χ0n) is 14.1. The first-order valence-electron chi connectivity index (χ1n) is 8.34. The number of aliphatic hydroxyl groups is 1. The van der Waals surface area contributed by atoms with Crippen LogP contribution in [0.5, 0.6) is 0 Å². The lowest BCUT2D eigenvalue weighted by Crippen LogP contribution is -2.48. The minimum atomic E-state index is -1.21. The number of carbonyl (C=O) groups is 2. The van der Waals surface area contributed by atoms with E-state index >= 15 is 0 Å². The topological polar surface area (TPSA) is 102 Å². The van der Waals surface area contributed by atoms with Gasteiger partial charge >= 0.3 is 5.97 Å². The summed E-state index contributed by atoms with van der Waals surface area (Å²) in [6.45, 7) is 3.58. The molecule has 0 spiro atoms. The van der Waals surface area contributed by atoms with E-state index in [0.717, 1.165) is 12.8 Å². The van der Waals surface area contributed by atoms with Gasteiger partial charge in [-0.15, -0.1) is 12.4 Å². The van der Waals surface area contributed by atoms with Gasteiger partial charge in [0, 0.05) is 12.5 Å². The van der Waals surface area contributed by atoms with E-state index in [4.69, 9.17) is 10.5 Å². The summed E-state index contributed by atoms with van der Waals surface area (Å²) in [5.41, 5.74) is 5.96. The molecular weight excluding hydrogens is 320 g/mol. The maximum atomic E-state index is 11.9. The Morgan fingerprint density at radius 1 is 1.30 bits per heavy atom. The Hall–Kier alpha value is -0.850. The predicted octanol–water partition coefficient (Wildman–Crippen LogP) is 1.52. The Bertz CT molecular complexity index is 362. The third-order valence-electron chi connectivity index (χ3n) is 4.19. The molecule has 1 amide bonds. The van der Waals surface area contributed by atoms with E-state index in [1.54, 1.807) is 13.8 Å². The summed E-state index contributed by atoms with van der Waals surface area (Å²) < 4.78 is 5.05. The van der Waals surface area contributed by atoms with Gasteiger partial charge in [-0.2, -0.15) is 0 Å². The molecule has 23 heavy (non-hydrogen) atoms. The van der Waals surface area contributed by atoms with Gasteiger partial charge in [-0.3, -0.25) is 9.59 Å². The van der Waals surface area contributed by atoms with Crippen LogP contribution in [-0.4, -0.2) is 41.8 Å². The van der Waals surface area contributed by atoms with Gasteiger partial charge in [0.1, 0.15) is 12.2 Å². The van der Waals surface area contributed by atoms with E-state index < -0.39 is 24.2 Å². The van der Waals surface area contributed by atoms with E-state index in [1.807, 2.05) is 0 Å². The first-order valence-corrected chi connectivity index (χ1v) is 8.34. The fraction of sp³-hybridized carbons (Fsp3) is 0.875. The highest BCUT2D eigenvalue weighted by Gasteiger charge is 2.26. The number of aliphatic hydroxyl groups excluding tert-OH is 1. The SMILES string of the molecule is CCC(=O)O[C@@H](C)CNC(=O)C(O)[C@H](N)CC1CCCCC1.Cl. The van der Waals surface area contributed by atoms with Crippen molar-refractivity contribution in [1.29, 1.82) is 0 Å². The number of carbonyl (C=O) groups excluding carboxylic acids is 2. The Kier molecular flexibility index (Phi) is 11.2. The summed E-state index contributed by atoms with van der Waals surface area (Å²) in [5, 5.41) is 12.6. The Balaban J connectivity index is 0.00000484. The molecule has 0 aromatic carbocycles. The maximum Gasteiger partial charge on any atom is 0.305 e. The lowest BCUT2D eigenvalue weighted by atomic mass is 9.84. The number of amides is 1. The number of ether oxygens (including phenoxy) is 1. The summed E-state index contributed by atoms with van der Waals surface area (Å²) in [5.74, 6) is -0.297. The minimum Gasteiger partial charge on any atom is -0.461 e. The first kappa shape index (κ1) is 22.1. The molecule has 0 aromatic rings. The highest BCUT2D eigenvalue weighted by atomic mass is 35.5. The van der Waals surface area contributed by atoms with Gasteiger partial charge in [0.05, 0.1) is 6.54 Å². The van der Waals surface area contributed by atoms with Crippen LogP contribution in [0.25, 0.3) is 0 Å². The molecule has 0 radical (unpaired) electrons. The maximum absolute atomic E-state index is 11.9. The molecule has 4 N–H and O–H groups in total. The number of hydrogen-bond acceptors (Lipinski definition) is 5. The van der Waals surface area contributed by atoms with E-state index in [2.05, 4.69) is 5.32 Å². The van der Waals surface area contributed by atoms with Crippen molar-refractivity contribution < 1.29 is 19.4 Å². The van der Waals surface area contributed by atoms with Crippen LogP contribution in [0.3, 0.4) is 0 Å². The molecular formula is C16H31ClN2O4. The van der Waals surface area contributed by atoms with Crippen LogP contribution in [-0.2, 0) is 14.3 Å². The molecule has 1 aliphatic rings. The zero-order chi connectivity index (χ0) is 16.5. The second-order valence-electron chi connectivity index (χ2n) is 6.25. The molecule has 0 aliphatic heterocycles.